The molecule has 0 saturated carbocycles. The number of hydrogen-bond donors (Lipinski definition) is 1. The summed E-state index contributed by atoms with van der Waals surface area (Å²) in [6.07, 6.45) is 3.37. The normalized spacial score (nSPS) is 12.6. The summed E-state index contributed by atoms with van der Waals surface area (Å²) in [7, 11) is 0. The van der Waals surface area contributed by atoms with Crippen LogP contribution in [0.25, 0.3) is 16.9 Å². The van der Waals surface area contributed by atoms with Crippen LogP contribution in [0.5, 0.6) is 0 Å². The van der Waals surface area contributed by atoms with Crippen molar-refractivity contribution in [3.05, 3.63) is 53.0 Å². The van der Waals surface area contributed by atoms with E-state index in [-0.39, 0.29) is 5.97 Å². The lowest BCUT2D eigenvalue weighted by Crippen LogP contribution is -2.12. The molecule has 2 heterocycles. The number of benzene rings is 1. The third-order valence-corrected chi connectivity index (χ3v) is 4.36. The second-order valence-electron chi connectivity index (χ2n) is 5.90. The number of nitrogens with one attached hydrogen (secondary N) is 1. The summed E-state index contributed by atoms with van der Waals surface area (Å²) in [5, 5.41) is 11.7. The molecule has 6 nitrogen and oxygen atoms in total. The molecule has 0 radical (unpaired) electrons. The van der Waals surface area contributed by atoms with Gasteiger partial charge in [0, 0.05) is 11.1 Å². The number of carbonyl (C=O) groups excluding carboxylic acids is 1. The monoisotopic (exact) mass is 322 g/mol. The summed E-state index contributed by atoms with van der Waals surface area (Å²) in [6, 6.07) is 8.27. The van der Waals surface area contributed by atoms with Gasteiger partial charge in [-0.15, -0.1) is 0 Å². The lowest BCUT2D eigenvalue weighted by molar-refractivity contribution is 0.0518. The van der Waals surface area contributed by atoms with Crippen molar-refractivity contribution < 1.29 is 9.53 Å². The maximum atomic E-state index is 12.0. The van der Waals surface area contributed by atoms with E-state index in [1.165, 1.54) is 5.56 Å². The number of nitrogens with zero attached hydrogens (tertiary/aromatic N) is 3. The van der Waals surface area contributed by atoms with Gasteiger partial charge in [-0.25, -0.2) is 9.48 Å². The van der Waals surface area contributed by atoms with Crippen molar-refractivity contribution >= 4 is 5.97 Å². The summed E-state index contributed by atoms with van der Waals surface area (Å²) in [5.41, 5.74) is 6.53. The Bertz CT molecular complexity index is 906. The van der Waals surface area contributed by atoms with Crippen LogP contribution in [0.1, 0.15) is 34.2 Å². The maximum Gasteiger partial charge on any atom is 0.356 e. The van der Waals surface area contributed by atoms with Gasteiger partial charge < -0.3 is 4.74 Å². The number of aromatic amines is 1. The van der Waals surface area contributed by atoms with E-state index >= 15 is 0 Å². The molecule has 0 fully saturated rings. The second-order valence-corrected chi connectivity index (χ2v) is 5.90. The van der Waals surface area contributed by atoms with Gasteiger partial charge in [0.25, 0.3) is 0 Å². The van der Waals surface area contributed by atoms with Gasteiger partial charge in [0.1, 0.15) is 5.69 Å². The van der Waals surface area contributed by atoms with Crippen molar-refractivity contribution in [2.45, 2.75) is 26.7 Å². The van der Waals surface area contributed by atoms with Crippen LogP contribution in [0.2, 0.25) is 0 Å². The standard InChI is InChI=1S/C18H18N4O2/c1-3-24-18(23)17-13-8-9-15-14(16(13)20-21-17)10-19-22(15)12-6-4-11(2)5-7-12/h4-7,10H,3,8-9H2,1-2H3,(H,20,21). The number of aromatic nitrogens is 4. The van der Waals surface area contributed by atoms with Crippen molar-refractivity contribution in [1.29, 1.82) is 0 Å². The van der Waals surface area contributed by atoms with Crippen LogP contribution in [0.3, 0.4) is 0 Å². The molecule has 1 aromatic carbocycles. The third kappa shape index (κ3) is 2.22. The Morgan fingerprint density at radius 3 is 2.83 bits per heavy atom. The highest BCUT2D eigenvalue weighted by atomic mass is 16.5. The van der Waals surface area contributed by atoms with E-state index in [1.807, 2.05) is 10.9 Å². The molecule has 0 spiro atoms. The first kappa shape index (κ1) is 14.7. The Morgan fingerprint density at radius 1 is 1.29 bits per heavy atom. The predicted octanol–water partition coefficient (Wildman–Crippen LogP) is 2.85. The molecule has 4 rings (SSSR count). The largest absolute Gasteiger partial charge is 0.461 e. The van der Waals surface area contributed by atoms with Crippen molar-refractivity contribution in [3.63, 3.8) is 0 Å². The molecule has 1 aliphatic carbocycles. The fourth-order valence-electron chi connectivity index (χ4n) is 3.17. The van der Waals surface area contributed by atoms with Crippen molar-refractivity contribution in [3.8, 4) is 16.9 Å². The average molecular weight is 322 g/mol. The molecule has 3 aromatic rings. The minimum atomic E-state index is -0.347. The van der Waals surface area contributed by atoms with Crippen molar-refractivity contribution in [1.82, 2.24) is 20.0 Å². The molecule has 24 heavy (non-hydrogen) atoms. The lowest BCUT2D eigenvalue weighted by atomic mass is 9.94. The highest BCUT2D eigenvalue weighted by molar-refractivity contribution is 5.91. The Balaban J connectivity index is 1.76. The number of aryl methyl sites for hydroxylation is 1. The predicted molar refractivity (Wildman–Crippen MR) is 89.2 cm³/mol. The summed E-state index contributed by atoms with van der Waals surface area (Å²) >= 11 is 0. The van der Waals surface area contributed by atoms with Gasteiger partial charge in [-0.05, 0) is 38.8 Å². The lowest BCUT2D eigenvalue weighted by Gasteiger charge is -2.14. The van der Waals surface area contributed by atoms with Crippen LogP contribution in [0.4, 0.5) is 0 Å². The number of H-pyrrole nitrogens is 1. The van der Waals surface area contributed by atoms with Crippen LogP contribution in [-0.4, -0.2) is 32.6 Å². The molecule has 0 saturated heterocycles. The van der Waals surface area contributed by atoms with E-state index in [0.29, 0.717) is 12.3 Å². The fraction of sp³-hybridized carbons (Fsp3) is 0.278. The molecule has 0 aliphatic heterocycles. The van der Waals surface area contributed by atoms with Gasteiger partial charge in [-0.1, -0.05) is 17.7 Å². The molecule has 1 N–H and O–H groups in total. The SMILES string of the molecule is CCOC(=O)c1[nH]nc2c1CCc1c-2cnn1-c1ccc(C)cc1. The van der Waals surface area contributed by atoms with Crippen LogP contribution >= 0.6 is 0 Å². The Morgan fingerprint density at radius 2 is 2.08 bits per heavy atom. The number of carbonyl (C=O) groups is 1. The molecule has 0 bridgehead atoms. The Labute approximate surface area is 139 Å². The molecule has 0 atom stereocenters. The molecule has 6 heteroatoms. The molecular formula is C18H18N4O2. The summed E-state index contributed by atoms with van der Waals surface area (Å²) in [5.74, 6) is -0.347. The Hall–Kier alpha value is -2.89. The van der Waals surface area contributed by atoms with Gasteiger partial charge in [0.2, 0.25) is 0 Å². The topological polar surface area (TPSA) is 72.8 Å². The molecule has 1 aliphatic rings. The molecule has 0 unspecified atom stereocenters. The minimum Gasteiger partial charge on any atom is -0.461 e. The van der Waals surface area contributed by atoms with Crippen LogP contribution in [0, 0.1) is 6.92 Å². The minimum absolute atomic E-state index is 0.347. The van der Waals surface area contributed by atoms with Crippen molar-refractivity contribution in [2.75, 3.05) is 6.61 Å². The summed E-state index contributed by atoms with van der Waals surface area (Å²) in [6.45, 7) is 4.21. The van der Waals surface area contributed by atoms with Gasteiger partial charge >= 0.3 is 5.97 Å². The van der Waals surface area contributed by atoms with Gasteiger partial charge in [0.05, 0.1) is 29.9 Å². The van der Waals surface area contributed by atoms with E-state index in [1.54, 1.807) is 6.92 Å². The number of ether oxygens (including phenoxy) is 1. The van der Waals surface area contributed by atoms with E-state index in [0.717, 1.165) is 41.0 Å². The van der Waals surface area contributed by atoms with E-state index in [4.69, 9.17) is 4.74 Å². The van der Waals surface area contributed by atoms with E-state index < -0.39 is 0 Å². The third-order valence-electron chi connectivity index (χ3n) is 4.36. The zero-order valence-electron chi connectivity index (χ0n) is 13.7. The van der Waals surface area contributed by atoms with Crippen LogP contribution in [0.15, 0.2) is 30.5 Å². The number of rotatable bonds is 3. The number of fused-ring (bicyclic) bond motifs is 3. The smallest absolute Gasteiger partial charge is 0.356 e. The quantitative estimate of drug-likeness (QED) is 0.753. The van der Waals surface area contributed by atoms with E-state index in [9.17, 15) is 4.79 Å². The molecule has 2 aromatic heterocycles. The van der Waals surface area contributed by atoms with Gasteiger partial charge in [-0.3, -0.25) is 5.10 Å². The molecular weight excluding hydrogens is 304 g/mol. The average Bonchev–Trinajstić information content (AvgIpc) is 3.19. The Kier molecular flexibility index (Phi) is 3.45. The van der Waals surface area contributed by atoms with Gasteiger partial charge in [-0.2, -0.15) is 10.2 Å². The summed E-state index contributed by atoms with van der Waals surface area (Å²) in [4.78, 5) is 12.0. The zero-order valence-corrected chi connectivity index (χ0v) is 13.7. The highest BCUT2D eigenvalue weighted by Gasteiger charge is 2.28. The first-order valence-electron chi connectivity index (χ1n) is 8.07. The van der Waals surface area contributed by atoms with Crippen molar-refractivity contribution in [2.24, 2.45) is 0 Å². The molecule has 0 amide bonds. The fourth-order valence-corrected chi connectivity index (χ4v) is 3.17. The number of esters is 1. The zero-order chi connectivity index (χ0) is 16.7. The maximum absolute atomic E-state index is 12.0. The highest BCUT2D eigenvalue weighted by Crippen LogP contribution is 2.34. The first-order chi connectivity index (χ1) is 11.7. The van der Waals surface area contributed by atoms with E-state index in [2.05, 4.69) is 46.5 Å². The van der Waals surface area contributed by atoms with Crippen LogP contribution < -0.4 is 0 Å². The molecule has 122 valence electrons. The first-order valence-corrected chi connectivity index (χ1v) is 8.07. The van der Waals surface area contributed by atoms with Crippen LogP contribution in [-0.2, 0) is 17.6 Å². The summed E-state index contributed by atoms with van der Waals surface area (Å²) < 4.78 is 7.05. The number of hydrogen-bond acceptors (Lipinski definition) is 4. The van der Waals surface area contributed by atoms with Gasteiger partial charge in [0.15, 0.2) is 0 Å². The second kappa shape index (κ2) is 5.63.